The molecule has 3 fully saturated rings. The van der Waals surface area contributed by atoms with Crippen LogP contribution in [0.25, 0.3) is 6.08 Å². The zero-order valence-corrected chi connectivity index (χ0v) is 32.3. The summed E-state index contributed by atoms with van der Waals surface area (Å²) < 4.78 is 0. The van der Waals surface area contributed by atoms with E-state index in [1.54, 1.807) is 36.7 Å². The van der Waals surface area contributed by atoms with Crippen molar-refractivity contribution in [3.05, 3.63) is 101 Å². The highest BCUT2D eigenvalue weighted by Gasteiger charge is 2.40. The first kappa shape index (κ1) is 39.4. The number of fused-ring (bicyclic) bond motifs is 1. The normalized spacial score (nSPS) is 19.1. The fourth-order valence-electron chi connectivity index (χ4n) is 8.48. The minimum Gasteiger partial charge on any atom is -0.376 e. The van der Waals surface area contributed by atoms with Gasteiger partial charge >= 0.3 is 0 Å². The smallest absolute Gasteiger partial charge is 0.255 e. The van der Waals surface area contributed by atoms with Gasteiger partial charge in [-0.15, -0.1) is 0 Å². The van der Waals surface area contributed by atoms with Crippen molar-refractivity contribution < 1.29 is 28.8 Å². The van der Waals surface area contributed by atoms with Gasteiger partial charge in [-0.1, -0.05) is 37.1 Å². The number of aromatic nitrogens is 1. The third kappa shape index (κ3) is 9.76. The van der Waals surface area contributed by atoms with Crippen LogP contribution in [-0.4, -0.2) is 100 Å². The molecule has 4 aliphatic rings. The van der Waals surface area contributed by atoms with Crippen LogP contribution in [0.2, 0.25) is 0 Å². The maximum atomic E-state index is 13.4. The molecule has 0 spiro atoms. The highest BCUT2D eigenvalue weighted by molar-refractivity contribution is 6.06. The van der Waals surface area contributed by atoms with Crippen LogP contribution in [0.3, 0.4) is 0 Å². The minimum absolute atomic E-state index is 0.0169. The summed E-state index contributed by atoms with van der Waals surface area (Å²) in [6.07, 6.45) is 13.9. The summed E-state index contributed by atoms with van der Waals surface area (Å²) >= 11 is 0. The van der Waals surface area contributed by atoms with E-state index in [4.69, 9.17) is 0 Å². The van der Waals surface area contributed by atoms with Crippen LogP contribution in [0.4, 0.5) is 5.69 Å². The van der Waals surface area contributed by atoms with E-state index in [2.05, 4.69) is 33.1 Å². The highest BCUT2D eigenvalue weighted by atomic mass is 16.2. The molecule has 13 heteroatoms. The molecule has 13 nitrogen and oxygen atoms in total. The molecule has 3 N–H and O–H groups in total. The van der Waals surface area contributed by atoms with E-state index in [0.717, 1.165) is 69.2 Å². The summed E-state index contributed by atoms with van der Waals surface area (Å²) in [6.45, 7) is 3.76. The molecule has 0 aliphatic carbocycles. The number of pyridine rings is 1. The lowest BCUT2D eigenvalue weighted by molar-refractivity contribution is -0.137. The molecule has 3 saturated heterocycles. The van der Waals surface area contributed by atoms with E-state index < -0.39 is 11.9 Å². The van der Waals surface area contributed by atoms with Crippen LogP contribution in [-0.2, 0) is 25.7 Å². The van der Waals surface area contributed by atoms with Crippen molar-refractivity contribution in [2.24, 2.45) is 5.92 Å². The summed E-state index contributed by atoms with van der Waals surface area (Å²) in [4.78, 5) is 85.3. The maximum Gasteiger partial charge on any atom is 0.255 e. The Kier molecular flexibility index (Phi) is 12.7. The third-order valence-electron chi connectivity index (χ3n) is 11.8. The summed E-state index contributed by atoms with van der Waals surface area (Å²) in [7, 11) is 0. The van der Waals surface area contributed by atoms with Gasteiger partial charge in [0.2, 0.25) is 23.6 Å². The van der Waals surface area contributed by atoms with E-state index in [-0.39, 0.29) is 49.0 Å². The van der Waals surface area contributed by atoms with Gasteiger partial charge in [-0.2, -0.15) is 0 Å². The lowest BCUT2D eigenvalue weighted by atomic mass is 9.88. The molecule has 2 aromatic carbocycles. The fraction of sp³-hybridized carbons (Fsp3) is 0.432. The fourth-order valence-corrected chi connectivity index (χ4v) is 8.48. The van der Waals surface area contributed by atoms with E-state index >= 15 is 0 Å². The third-order valence-corrected chi connectivity index (χ3v) is 11.8. The van der Waals surface area contributed by atoms with Gasteiger partial charge in [0.15, 0.2) is 0 Å². The number of nitrogens with one attached hydrogen (secondary N) is 3. The van der Waals surface area contributed by atoms with Crippen molar-refractivity contribution in [1.29, 1.82) is 0 Å². The van der Waals surface area contributed by atoms with Gasteiger partial charge in [0.05, 0.1) is 6.54 Å². The summed E-state index contributed by atoms with van der Waals surface area (Å²) in [5.74, 6) is -0.165. The second-order valence-electron chi connectivity index (χ2n) is 15.5. The standard InChI is InChI=1S/C44H51N7O6/c52-39(15-9-31-6-4-21-45-27-31)46-22-2-1-5-30-17-23-50(24-18-30)43(56)34-12-10-32(11-13-34)33-19-25-49(26-20-33)41(54)28-47-37-8-3-7-35-36(37)29-51(44(35)57)38-14-16-40(53)48-42(38)55/h3-4,6-13,15,21,27,30,33,38,47H,1-2,5,14,16-20,22-26,28-29H2,(H,46,52)(H,48,53,55)/b15-9+. The van der Waals surface area contributed by atoms with Crippen molar-refractivity contribution in [1.82, 2.24) is 30.3 Å². The predicted molar refractivity (Wildman–Crippen MR) is 215 cm³/mol. The first-order chi connectivity index (χ1) is 27.7. The maximum absolute atomic E-state index is 13.4. The lowest BCUT2D eigenvalue weighted by Gasteiger charge is -2.33. The number of likely N-dealkylation sites (tertiary alicyclic amines) is 2. The van der Waals surface area contributed by atoms with Crippen LogP contribution in [0.5, 0.6) is 0 Å². The first-order valence-corrected chi connectivity index (χ1v) is 20.3. The van der Waals surface area contributed by atoms with Crippen LogP contribution in [0.1, 0.15) is 101 Å². The SMILES string of the molecule is O=C(/C=C/c1cccnc1)NCCCCC1CCN(C(=O)c2ccc(C3CCN(C(=O)CNc4cccc5c4CN(C4CCC(=O)NC4=O)C5=O)CC3)cc2)CC1. The molecule has 5 heterocycles. The molecule has 6 amide bonds. The molecule has 1 atom stereocenters. The number of hydrogen-bond donors (Lipinski definition) is 3. The number of imide groups is 1. The molecule has 1 aromatic heterocycles. The molecule has 0 saturated carbocycles. The Morgan fingerprint density at radius 3 is 2.37 bits per heavy atom. The molecule has 7 rings (SSSR count). The topological polar surface area (TPSA) is 161 Å². The largest absolute Gasteiger partial charge is 0.376 e. The number of hydrogen-bond acceptors (Lipinski definition) is 8. The molecule has 57 heavy (non-hydrogen) atoms. The van der Waals surface area contributed by atoms with Gasteiger partial charge in [0, 0.05) is 86.5 Å². The van der Waals surface area contributed by atoms with Gasteiger partial charge < -0.3 is 25.3 Å². The predicted octanol–water partition coefficient (Wildman–Crippen LogP) is 4.51. The monoisotopic (exact) mass is 773 g/mol. The Morgan fingerprint density at radius 2 is 1.63 bits per heavy atom. The van der Waals surface area contributed by atoms with E-state index in [0.29, 0.717) is 54.7 Å². The lowest BCUT2D eigenvalue weighted by Crippen LogP contribution is -2.52. The number of piperidine rings is 3. The second-order valence-corrected chi connectivity index (χ2v) is 15.5. The number of rotatable bonds is 13. The Bertz CT molecular complexity index is 1990. The van der Waals surface area contributed by atoms with E-state index in [1.165, 1.54) is 10.5 Å². The first-order valence-electron chi connectivity index (χ1n) is 20.3. The van der Waals surface area contributed by atoms with Crippen molar-refractivity contribution >= 4 is 47.2 Å². The van der Waals surface area contributed by atoms with Gasteiger partial charge in [0.25, 0.3) is 11.8 Å². The highest BCUT2D eigenvalue weighted by Crippen LogP contribution is 2.33. The quantitative estimate of drug-likeness (QED) is 0.130. The average molecular weight is 774 g/mol. The number of carbonyl (C=O) groups excluding carboxylic acids is 6. The van der Waals surface area contributed by atoms with Gasteiger partial charge in [-0.25, -0.2) is 0 Å². The summed E-state index contributed by atoms with van der Waals surface area (Å²) in [5.41, 5.74) is 4.73. The molecule has 1 unspecified atom stereocenters. The number of benzene rings is 2. The molecule has 0 bridgehead atoms. The minimum atomic E-state index is -0.693. The number of unbranched alkanes of at least 4 members (excludes halogenated alkanes) is 1. The van der Waals surface area contributed by atoms with Crippen LogP contribution in [0, 0.1) is 5.92 Å². The van der Waals surface area contributed by atoms with Crippen LogP contribution in [0.15, 0.2) is 73.1 Å². The van der Waals surface area contributed by atoms with Crippen LogP contribution >= 0.6 is 0 Å². The van der Waals surface area contributed by atoms with Crippen LogP contribution < -0.4 is 16.0 Å². The molecule has 3 aromatic rings. The Labute approximate surface area is 333 Å². The zero-order valence-electron chi connectivity index (χ0n) is 32.3. The van der Waals surface area contributed by atoms with E-state index in [9.17, 15) is 28.8 Å². The van der Waals surface area contributed by atoms with Gasteiger partial charge in [-0.3, -0.25) is 39.1 Å². The molecular formula is C44H51N7O6. The van der Waals surface area contributed by atoms with Crippen molar-refractivity contribution in [2.75, 3.05) is 44.6 Å². The summed E-state index contributed by atoms with van der Waals surface area (Å²) in [5, 5.41) is 8.52. The molecule has 0 radical (unpaired) electrons. The Hall–Kier alpha value is -5.85. The van der Waals surface area contributed by atoms with Gasteiger partial charge in [0.1, 0.15) is 6.04 Å². The molecule has 298 valence electrons. The Morgan fingerprint density at radius 1 is 0.860 bits per heavy atom. The van der Waals surface area contributed by atoms with Crippen molar-refractivity contribution in [2.45, 2.75) is 76.3 Å². The van der Waals surface area contributed by atoms with Crippen molar-refractivity contribution in [3.8, 4) is 0 Å². The number of amides is 6. The average Bonchev–Trinajstić information content (AvgIpc) is 3.58. The number of nitrogens with zero attached hydrogens (tertiary/aromatic N) is 4. The van der Waals surface area contributed by atoms with Crippen molar-refractivity contribution in [3.63, 3.8) is 0 Å². The van der Waals surface area contributed by atoms with E-state index in [1.807, 2.05) is 40.1 Å². The Balaban J connectivity index is 0.795. The molecular weight excluding hydrogens is 723 g/mol. The number of carbonyl (C=O) groups is 6. The molecule has 4 aliphatic heterocycles. The zero-order chi connectivity index (χ0) is 39.7. The summed E-state index contributed by atoms with van der Waals surface area (Å²) in [6, 6.07) is 16.4. The second kappa shape index (κ2) is 18.4. The van der Waals surface area contributed by atoms with Gasteiger partial charge in [-0.05, 0) is 97.9 Å². The number of anilines is 1.